The van der Waals surface area contributed by atoms with E-state index >= 15 is 0 Å². The van der Waals surface area contributed by atoms with Gasteiger partial charge >= 0.3 is 0 Å². The number of rotatable bonds is 12. The summed E-state index contributed by atoms with van der Waals surface area (Å²) in [7, 11) is -4.68. The Morgan fingerprint density at radius 2 is 1.74 bits per heavy atom. The van der Waals surface area contributed by atoms with E-state index in [1.807, 2.05) is 35.4 Å². The first-order valence-electron chi connectivity index (χ1n) is 27.6. The van der Waals surface area contributed by atoms with Crippen LogP contribution < -0.4 is 29.3 Å². The van der Waals surface area contributed by atoms with Gasteiger partial charge in [-0.3, -0.25) is 29.6 Å². The molecular formula is C57H72N10O8S. The third-order valence-electron chi connectivity index (χ3n) is 17.8. The van der Waals surface area contributed by atoms with Gasteiger partial charge in [-0.15, -0.1) is 0 Å². The zero-order valence-corrected chi connectivity index (χ0v) is 45.2. The summed E-state index contributed by atoms with van der Waals surface area (Å²) in [6.45, 7) is 19.3. The number of nitrogens with one attached hydrogen (secondary N) is 3. The van der Waals surface area contributed by atoms with E-state index in [-0.39, 0.29) is 47.1 Å². The summed E-state index contributed by atoms with van der Waals surface area (Å²) in [5.41, 5.74) is 5.73. The van der Waals surface area contributed by atoms with Gasteiger partial charge in [-0.1, -0.05) is 45.0 Å². The fourth-order valence-corrected chi connectivity index (χ4v) is 14.6. The largest absolute Gasteiger partial charge is 0.489 e. The standard InChI is InChI=1S/C57H72N10O8S/c1-35(2)45-8-6-7-9-46(45)48-13-17-62(36(3)4)20-21-65(48)42-27-57(28-42)14-18-63(19-15-57)40-10-11-47(49(24-40)66-29-37(5)32-75-56-51(66)22-38-12-16-58-54(38)60-56)55(68)61-76(71,72)44-25-50(67(69)70)53-52(26-44)74-33-39(59-53)30-64-31-43-23-41(64)34-73-43/h6-12,16,22,24-26,35-37,39,41-43,48,59H,13-15,17-21,23,27-34H2,1-5H3,(H,58,60)(H,61,68)/t37-,39+,41+,43+,48?/m1/s1. The third-order valence-corrected chi connectivity index (χ3v) is 19.1. The molecule has 1 spiro atoms. The van der Waals surface area contributed by atoms with Gasteiger partial charge in [0.05, 0.1) is 46.4 Å². The SMILES string of the molecule is CC(C)c1ccccc1C1CCN(C(C)C)CCN1C1CC2(CCN(c3ccc(C(=O)NS(=O)(=O)c4cc5c(c([N+](=O)[O-])c4)N[C@@H](CN4C[C@@H]6C[C@H]4CO6)CO5)c(N4C[C@@H](C)COc5nc6[nH]ccc6cc54)c3)CC2)C1. The van der Waals surface area contributed by atoms with Crippen molar-refractivity contribution in [1.82, 2.24) is 29.4 Å². The first kappa shape index (κ1) is 50.8. The molecule has 0 radical (unpaired) electrons. The topological polar surface area (TPSA) is 191 Å². The smallest absolute Gasteiger partial charge is 0.297 e. The number of anilines is 4. The van der Waals surface area contributed by atoms with Crippen molar-refractivity contribution in [1.29, 1.82) is 0 Å². The van der Waals surface area contributed by atoms with Crippen LogP contribution in [-0.2, 0) is 14.8 Å². The van der Waals surface area contributed by atoms with Gasteiger partial charge in [-0.2, -0.15) is 4.98 Å². The number of H-pyrrole nitrogens is 1. The summed E-state index contributed by atoms with van der Waals surface area (Å²) in [5, 5.41) is 16.7. The fourth-order valence-electron chi connectivity index (χ4n) is 13.6. The molecule has 1 aliphatic carbocycles. The summed E-state index contributed by atoms with van der Waals surface area (Å²) >= 11 is 0. The molecule has 3 aromatic carbocycles. The molecule has 2 aromatic heterocycles. The molecule has 7 aliphatic rings. The van der Waals surface area contributed by atoms with Crippen LogP contribution >= 0.6 is 0 Å². The van der Waals surface area contributed by atoms with Crippen LogP contribution in [0.2, 0.25) is 0 Å². The molecule has 12 rings (SSSR count). The van der Waals surface area contributed by atoms with Crippen molar-refractivity contribution in [2.75, 3.05) is 87.3 Å². The molecule has 2 bridgehead atoms. The zero-order chi connectivity index (χ0) is 52.6. The van der Waals surface area contributed by atoms with Gasteiger partial charge in [-0.05, 0) is 105 Å². The summed E-state index contributed by atoms with van der Waals surface area (Å²) in [6, 6.07) is 22.3. The number of likely N-dealkylation sites (tertiary alicyclic amines) is 1. The third kappa shape index (κ3) is 9.64. The molecular weight excluding hydrogens is 985 g/mol. The summed E-state index contributed by atoms with van der Waals surface area (Å²) in [6.07, 6.45) is 8.55. The van der Waals surface area contributed by atoms with Gasteiger partial charge in [0.1, 0.15) is 17.9 Å². The molecule has 8 heterocycles. The van der Waals surface area contributed by atoms with Crippen molar-refractivity contribution < 1.29 is 32.3 Å². The number of benzene rings is 3. The molecule has 76 heavy (non-hydrogen) atoms. The highest BCUT2D eigenvalue weighted by molar-refractivity contribution is 7.90. The van der Waals surface area contributed by atoms with Gasteiger partial charge in [0, 0.05) is 112 Å². The second-order valence-electron chi connectivity index (χ2n) is 23.4. The molecule has 18 nitrogen and oxygen atoms in total. The van der Waals surface area contributed by atoms with Crippen LogP contribution in [0.15, 0.2) is 77.8 Å². The number of carbonyl (C=O) groups excluding carboxylic acids is 1. The van der Waals surface area contributed by atoms with Crippen molar-refractivity contribution in [2.24, 2.45) is 11.3 Å². The molecule has 5 atom stereocenters. The number of hydrogen-bond acceptors (Lipinski definition) is 15. The molecule has 404 valence electrons. The number of piperidine rings is 1. The van der Waals surface area contributed by atoms with E-state index in [4.69, 9.17) is 19.2 Å². The highest BCUT2D eigenvalue weighted by atomic mass is 32.2. The van der Waals surface area contributed by atoms with Gasteiger partial charge in [-0.25, -0.2) is 13.1 Å². The first-order chi connectivity index (χ1) is 36.6. The van der Waals surface area contributed by atoms with E-state index in [1.54, 1.807) is 6.07 Å². The van der Waals surface area contributed by atoms with Crippen LogP contribution in [0.3, 0.4) is 0 Å². The number of ether oxygens (including phenoxy) is 3. The number of carbonyl (C=O) groups is 1. The Labute approximate surface area is 445 Å². The van der Waals surface area contributed by atoms with E-state index in [2.05, 4.69) is 93.5 Å². The van der Waals surface area contributed by atoms with Crippen molar-refractivity contribution >= 4 is 55.4 Å². The Bertz CT molecular complexity index is 3130. The molecule has 1 saturated carbocycles. The number of morpholine rings is 1. The number of hydrogen-bond donors (Lipinski definition) is 3. The number of aromatic amines is 1. The number of amides is 1. The normalized spacial score (nSPS) is 25.1. The minimum absolute atomic E-state index is 0.00269. The molecule has 5 aromatic rings. The minimum Gasteiger partial charge on any atom is -0.489 e. The average Bonchev–Trinajstić information content (AvgIpc) is 4.09. The molecule has 1 amide bonds. The van der Waals surface area contributed by atoms with E-state index in [0.29, 0.717) is 79.3 Å². The number of sulfonamides is 1. The molecule has 1 unspecified atom stereocenters. The molecule has 19 heteroatoms. The molecule has 5 fully saturated rings. The highest BCUT2D eigenvalue weighted by Gasteiger charge is 2.50. The van der Waals surface area contributed by atoms with Crippen LogP contribution in [-0.4, -0.2) is 146 Å². The first-order valence-corrected chi connectivity index (χ1v) is 29.1. The predicted octanol–water partition coefficient (Wildman–Crippen LogP) is 8.43. The van der Waals surface area contributed by atoms with Crippen LogP contribution in [0.1, 0.15) is 107 Å². The highest BCUT2D eigenvalue weighted by Crippen LogP contribution is 2.54. The number of aromatic nitrogens is 2. The Hall–Kier alpha value is -5.99. The number of nitro benzene ring substituents is 1. The fraction of sp³-hybridized carbons (Fsp3) is 0.544. The van der Waals surface area contributed by atoms with Crippen molar-refractivity contribution in [3.05, 3.63) is 99.7 Å². The van der Waals surface area contributed by atoms with Gasteiger partial charge in [0.25, 0.3) is 21.6 Å². The number of nitrogens with zero attached hydrogens (tertiary/aromatic N) is 7. The minimum atomic E-state index is -4.68. The van der Waals surface area contributed by atoms with Crippen LogP contribution in [0, 0.1) is 21.4 Å². The lowest BCUT2D eigenvalue weighted by atomic mass is 9.59. The number of nitro groups is 1. The van der Waals surface area contributed by atoms with E-state index in [9.17, 15) is 23.3 Å². The van der Waals surface area contributed by atoms with Crippen molar-refractivity contribution in [3.63, 3.8) is 0 Å². The number of pyridine rings is 1. The second-order valence-corrected chi connectivity index (χ2v) is 25.1. The van der Waals surface area contributed by atoms with Gasteiger partial charge in [0.2, 0.25) is 5.88 Å². The van der Waals surface area contributed by atoms with Crippen molar-refractivity contribution in [2.45, 2.75) is 120 Å². The average molecular weight is 1060 g/mol. The van der Waals surface area contributed by atoms with Crippen molar-refractivity contribution in [3.8, 4) is 11.6 Å². The maximum absolute atomic E-state index is 14.8. The quantitative estimate of drug-likeness (QED) is 0.0797. The maximum Gasteiger partial charge on any atom is 0.297 e. The Kier molecular flexibility index (Phi) is 13.4. The van der Waals surface area contributed by atoms with E-state index < -0.39 is 31.4 Å². The Morgan fingerprint density at radius 3 is 2.49 bits per heavy atom. The predicted molar refractivity (Wildman–Crippen MR) is 293 cm³/mol. The van der Waals surface area contributed by atoms with Crippen LogP contribution in [0.5, 0.6) is 11.6 Å². The summed E-state index contributed by atoms with van der Waals surface area (Å²) in [4.78, 5) is 46.5. The van der Waals surface area contributed by atoms with Gasteiger partial charge < -0.3 is 34.3 Å². The van der Waals surface area contributed by atoms with Gasteiger partial charge in [0.15, 0.2) is 11.4 Å². The summed E-state index contributed by atoms with van der Waals surface area (Å²) in [5.74, 6) is 0.0114. The monoisotopic (exact) mass is 1060 g/mol. The number of fused-ring (bicyclic) bond motifs is 5. The lowest BCUT2D eigenvalue weighted by Gasteiger charge is -2.57. The van der Waals surface area contributed by atoms with E-state index in [1.165, 1.54) is 30.0 Å². The Morgan fingerprint density at radius 1 is 0.921 bits per heavy atom. The lowest BCUT2D eigenvalue weighted by molar-refractivity contribution is -0.384. The Balaban J connectivity index is 0.806. The zero-order valence-electron chi connectivity index (χ0n) is 44.4. The second kappa shape index (κ2) is 20.1. The molecule has 4 saturated heterocycles. The maximum atomic E-state index is 14.8. The molecule has 6 aliphatic heterocycles. The summed E-state index contributed by atoms with van der Waals surface area (Å²) < 4.78 is 49.1. The lowest BCUT2D eigenvalue weighted by Crippen LogP contribution is -2.56. The molecule has 3 N–H and O–H groups in total. The van der Waals surface area contributed by atoms with Crippen LogP contribution in [0.4, 0.5) is 28.4 Å². The van der Waals surface area contributed by atoms with Crippen LogP contribution in [0.25, 0.3) is 11.0 Å². The van der Waals surface area contributed by atoms with E-state index in [0.717, 1.165) is 82.1 Å².